The lowest BCUT2D eigenvalue weighted by Gasteiger charge is -2.12. The molecule has 0 spiro atoms. The number of hydrogen-bond donors (Lipinski definition) is 3. The summed E-state index contributed by atoms with van der Waals surface area (Å²) in [6.45, 7) is 0. The summed E-state index contributed by atoms with van der Waals surface area (Å²) in [4.78, 5) is 39.5. The van der Waals surface area contributed by atoms with Gasteiger partial charge in [0.1, 0.15) is 17.2 Å². The first kappa shape index (κ1) is 29.0. The highest BCUT2D eigenvalue weighted by atomic mass is 32.2. The number of carbonyl (C=O) groups excluding carboxylic acids is 3. The van der Waals surface area contributed by atoms with Crippen LogP contribution < -0.4 is 25.4 Å². The molecule has 208 valence electrons. The summed E-state index contributed by atoms with van der Waals surface area (Å²) in [5.74, 6) is 0.343. The van der Waals surface area contributed by atoms with E-state index in [1.807, 2.05) is 12.1 Å². The van der Waals surface area contributed by atoms with E-state index in [9.17, 15) is 14.4 Å². The highest BCUT2D eigenvalue weighted by Gasteiger charge is 2.16. The first-order chi connectivity index (χ1) is 19.9. The SMILES string of the molecule is COc1cccc(/C=C(\NC(=O)c2ccccc2)C(=O)Nc2cccc(SCC(=O)Nc3cccc(OC)c3)c2)c1. The number of ether oxygens (including phenoxy) is 2. The van der Waals surface area contributed by atoms with E-state index in [-0.39, 0.29) is 17.4 Å². The zero-order valence-electron chi connectivity index (χ0n) is 22.5. The van der Waals surface area contributed by atoms with E-state index in [0.29, 0.717) is 34.0 Å². The van der Waals surface area contributed by atoms with Crippen LogP contribution in [0.2, 0.25) is 0 Å². The largest absolute Gasteiger partial charge is 0.497 e. The molecule has 0 unspecified atom stereocenters. The van der Waals surface area contributed by atoms with Crippen LogP contribution in [0.4, 0.5) is 11.4 Å². The van der Waals surface area contributed by atoms with Crippen molar-refractivity contribution in [3.05, 3.63) is 120 Å². The van der Waals surface area contributed by atoms with Crippen LogP contribution in [0, 0.1) is 0 Å². The lowest BCUT2D eigenvalue weighted by atomic mass is 10.1. The number of benzene rings is 4. The van der Waals surface area contributed by atoms with Gasteiger partial charge in [-0.3, -0.25) is 14.4 Å². The van der Waals surface area contributed by atoms with E-state index < -0.39 is 11.8 Å². The number of rotatable bonds is 11. The number of carbonyl (C=O) groups is 3. The van der Waals surface area contributed by atoms with Gasteiger partial charge in [-0.15, -0.1) is 11.8 Å². The van der Waals surface area contributed by atoms with Crippen molar-refractivity contribution in [2.45, 2.75) is 4.90 Å². The van der Waals surface area contributed by atoms with E-state index in [4.69, 9.17) is 9.47 Å². The molecular formula is C32H29N3O5S. The van der Waals surface area contributed by atoms with Crippen molar-refractivity contribution in [1.82, 2.24) is 5.32 Å². The van der Waals surface area contributed by atoms with Gasteiger partial charge in [0.05, 0.1) is 20.0 Å². The fourth-order valence-corrected chi connectivity index (χ4v) is 4.50. The third-order valence-electron chi connectivity index (χ3n) is 5.75. The standard InChI is InChI=1S/C32H29N3O5S/c1-39-26-14-6-9-22(17-26)18-29(35-31(37)23-10-4-3-5-11-23)32(38)34-25-13-8-16-28(20-25)41-21-30(36)33-24-12-7-15-27(19-24)40-2/h3-20H,21H2,1-2H3,(H,33,36)(H,34,38)(H,35,37)/b29-18-. The van der Waals surface area contributed by atoms with Crippen LogP contribution in [0.15, 0.2) is 114 Å². The molecule has 0 atom stereocenters. The average Bonchev–Trinajstić information content (AvgIpc) is 3.00. The summed E-state index contributed by atoms with van der Waals surface area (Å²) in [6.07, 6.45) is 1.58. The van der Waals surface area contributed by atoms with E-state index in [0.717, 1.165) is 4.90 Å². The molecule has 4 rings (SSSR count). The first-order valence-electron chi connectivity index (χ1n) is 12.6. The predicted molar refractivity (Wildman–Crippen MR) is 162 cm³/mol. The van der Waals surface area contributed by atoms with Gasteiger partial charge in [0, 0.05) is 27.9 Å². The minimum absolute atomic E-state index is 0.0582. The van der Waals surface area contributed by atoms with Gasteiger partial charge in [0.2, 0.25) is 5.91 Å². The maximum Gasteiger partial charge on any atom is 0.272 e. The minimum atomic E-state index is -0.505. The van der Waals surface area contributed by atoms with Crippen LogP contribution in [-0.2, 0) is 9.59 Å². The van der Waals surface area contributed by atoms with Crippen molar-refractivity contribution in [3.8, 4) is 11.5 Å². The molecule has 0 saturated heterocycles. The van der Waals surface area contributed by atoms with E-state index in [1.54, 1.807) is 111 Å². The molecule has 0 bridgehead atoms. The molecule has 0 aliphatic rings. The Morgan fingerprint density at radius 2 is 1.39 bits per heavy atom. The second kappa shape index (κ2) is 14.4. The molecule has 4 aromatic carbocycles. The lowest BCUT2D eigenvalue weighted by molar-refractivity contribution is -0.114. The van der Waals surface area contributed by atoms with Crippen molar-refractivity contribution in [1.29, 1.82) is 0 Å². The molecule has 8 nitrogen and oxygen atoms in total. The summed E-state index contributed by atoms with van der Waals surface area (Å²) in [5.41, 5.74) is 2.31. The molecule has 0 aliphatic carbocycles. The van der Waals surface area contributed by atoms with Crippen LogP contribution in [-0.4, -0.2) is 37.7 Å². The molecule has 4 aromatic rings. The predicted octanol–water partition coefficient (Wildman–Crippen LogP) is 5.84. The monoisotopic (exact) mass is 567 g/mol. The molecule has 0 heterocycles. The lowest BCUT2D eigenvalue weighted by Crippen LogP contribution is -2.30. The Labute approximate surface area is 242 Å². The number of thioether (sulfide) groups is 1. The Morgan fingerprint density at radius 3 is 2.12 bits per heavy atom. The fraction of sp³-hybridized carbons (Fsp3) is 0.0938. The maximum atomic E-state index is 13.4. The Morgan fingerprint density at radius 1 is 0.732 bits per heavy atom. The van der Waals surface area contributed by atoms with Gasteiger partial charge < -0.3 is 25.4 Å². The van der Waals surface area contributed by atoms with Crippen molar-refractivity contribution in [2.75, 3.05) is 30.6 Å². The molecule has 9 heteroatoms. The second-order valence-corrected chi connectivity index (χ2v) is 9.75. The van der Waals surface area contributed by atoms with Crippen LogP contribution >= 0.6 is 11.8 Å². The van der Waals surface area contributed by atoms with Gasteiger partial charge in [-0.05, 0) is 66.2 Å². The number of nitrogens with one attached hydrogen (secondary N) is 3. The fourth-order valence-electron chi connectivity index (χ4n) is 3.75. The van der Waals surface area contributed by atoms with Crippen molar-refractivity contribution in [3.63, 3.8) is 0 Å². The molecule has 0 aromatic heterocycles. The van der Waals surface area contributed by atoms with Crippen LogP contribution in [0.1, 0.15) is 15.9 Å². The summed E-state index contributed by atoms with van der Waals surface area (Å²) in [7, 11) is 3.12. The van der Waals surface area contributed by atoms with Crippen LogP contribution in [0.5, 0.6) is 11.5 Å². The molecule has 41 heavy (non-hydrogen) atoms. The molecule has 0 aliphatic heterocycles. The number of amides is 3. The summed E-state index contributed by atoms with van der Waals surface area (Å²) in [6, 6.07) is 30.1. The highest BCUT2D eigenvalue weighted by molar-refractivity contribution is 8.00. The summed E-state index contributed by atoms with van der Waals surface area (Å²) < 4.78 is 10.5. The highest BCUT2D eigenvalue weighted by Crippen LogP contribution is 2.23. The zero-order valence-corrected chi connectivity index (χ0v) is 23.4. The Balaban J connectivity index is 1.45. The molecule has 3 N–H and O–H groups in total. The van der Waals surface area contributed by atoms with E-state index in [2.05, 4.69) is 16.0 Å². The molecule has 0 saturated carbocycles. The number of hydrogen-bond acceptors (Lipinski definition) is 6. The van der Waals surface area contributed by atoms with Crippen molar-refractivity contribution in [2.24, 2.45) is 0 Å². The van der Waals surface area contributed by atoms with E-state index in [1.165, 1.54) is 11.8 Å². The second-order valence-electron chi connectivity index (χ2n) is 8.71. The quantitative estimate of drug-likeness (QED) is 0.155. The molecule has 0 radical (unpaired) electrons. The third-order valence-corrected chi connectivity index (χ3v) is 6.74. The first-order valence-corrected chi connectivity index (χ1v) is 13.6. The smallest absolute Gasteiger partial charge is 0.272 e. The Hall–Kier alpha value is -5.02. The third kappa shape index (κ3) is 8.74. The summed E-state index contributed by atoms with van der Waals surface area (Å²) in [5, 5.41) is 8.42. The van der Waals surface area contributed by atoms with Crippen LogP contribution in [0.3, 0.4) is 0 Å². The van der Waals surface area contributed by atoms with Crippen molar-refractivity contribution >= 4 is 46.9 Å². The molecule has 3 amide bonds. The minimum Gasteiger partial charge on any atom is -0.497 e. The normalized spacial score (nSPS) is 10.8. The maximum absolute atomic E-state index is 13.4. The van der Waals surface area contributed by atoms with Crippen molar-refractivity contribution < 1.29 is 23.9 Å². The van der Waals surface area contributed by atoms with Gasteiger partial charge in [-0.25, -0.2) is 0 Å². The zero-order chi connectivity index (χ0) is 29.0. The summed E-state index contributed by atoms with van der Waals surface area (Å²) >= 11 is 1.33. The average molecular weight is 568 g/mol. The Bertz CT molecular complexity index is 1560. The number of methoxy groups -OCH3 is 2. The molecular weight excluding hydrogens is 538 g/mol. The topological polar surface area (TPSA) is 106 Å². The van der Waals surface area contributed by atoms with Crippen LogP contribution in [0.25, 0.3) is 6.08 Å². The number of anilines is 2. The van der Waals surface area contributed by atoms with Gasteiger partial charge >= 0.3 is 0 Å². The Kier molecular flexibility index (Phi) is 10.2. The van der Waals surface area contributed by atoms with Gasteiger partial charge in [0.15, 0.2) is 0 Å². The van der Waals surface area contributed by atoms with Gasteiger partial charge in [0.25, 0.3) is 11.8 Å². The van der Waals surface area contributed by atoms with Gasteiger partial charge in [-0.1, -0.05) is 42.5 Å². The van der Waals surface area contributed by atoms with Gasteiger partial charge in [-0.2, -0.15) is 0 Å². The van der Waals surface area contributed by atoms with E-state index >= 15 is 0 Å². The molecule has 0 fully saturated rings.